The Bertz CT molecular complexity index is 1020. The van der Waals surface area contributed by atoms with E-state index in [4.69, 9.17) is 9.47 Å². The second kappa shape index (κ2) is 9.25. The molecule has 0 saturated carbocycles. The fourth-order valence-electron chi connectivity index (χ4n) is 2.88. The summed E-state index contributed by atoms with van der Waals surface area (Å²) in [6.07, 6.45) is -3.04. The van der Waals surface area contributed by atoms with E-state index in [0.717, 1.165) is 16.3 Å². The molecule has 0 bridgehead atoms. The number of methoxy groups -OCH3 is 2. The van der Waals surface area contributed by atoms with Crippen molar-refractivity contribution in [3.05, 3.63) is 60.3 Å². The lowest BCUT2D eigenvalue weighted by Crippen LogP contribution is -2.19. The highest BCUT2D eigenvalue weighted by Crippen LogP contribution is 2.31. The number of halogens is 3. The first-order chi connectivity index (χ1) is 14.3. The molecule has 0 atom stereocenters. The van der Waals surface area contributed by atoms with Crippen molar-refractivity contribution in [1.29, 1.82) is 0 Å². The van der Waals surface area contributed by atoms with Gasteiger partial charge in [0, 0.05) is 6.07 Å². The van der Waals surface area contributed by atoms with Gasteiger partial charge in [0.15, 0.2) is 10.9 Å². The third-order valence-electron chi connectivity index (χ3n) is 4.27. The first-order valence-corrected chi connectivity index (χ1v) is 9.86. The lowest BCUT2D eigenvalue weighted by Gasteiger charge is -2.14. The molecule has 1 heterocycles. The molecule has 0 saturated heterocycles. The quantitative estimate of drug-likeness (QED) is 0.363. The van der Waals surface area contributed by atoms with Crippen molar-refractivity contribution < 1.29 is 27.4 Å². The minimum atomic E-state index is -4.43. The summed E-state index contributed by atoms with van der Waals surface area (Å²) in [5.41, 5.74) is 1.28. The van der Waals surface area contributed by atoms with E-state index in [-0.39, 0.29) is 16.7 Å². The fourth-order valence-corrected chi connectivity index (χ4v) is 3.74. The zero-order valence-electron chi connectivity index (χ0n) is 16.3. The third-order valence-corrected chi connectivity index (χ3v) is 5.26. The van der Waals surface area contributed by atoms with Gasteiger partial charge in [-0.05, 0) is 17.7 Å². The lowest BCUT2D eigenvalue weighted by molar-refractivity contribution is -0.141. The first kappa shape index (κ1) is 21.8. The largest absolute Gasteiger partial charge is 0.497 e. The van der Waals surface area contributed by atoms with Crippen LogP contribution in [0.1, 0.15) is 10.4 Å². The molecule has 30 heavy (non-hydrogen) atoms. The number of hydrogen-bond acceptors (Lipinski definition) is 5. The van der Waals surface area contributed by atoms with Crippen molar-refractivity contribution in [1.82, 2.24) is 9.55 Å². The Labute approximate surface area is 175 Å². The molecule has 0 N–H and O–H groups in total. The van der Waals surface area contributed by atoms with Crippen LogP contribution in [0.2, 0.25) is 0 Å². The SMILES string of the molecule is COc1ccc(C(=O)CSc2ncc(-c3ccccc3)n2CC(F)(F)F)c(OC)c1. The highest BCUT2D eigenvalue weighted by atomic mass is 32.2. The van der Waals surface area contributed by atoms with Gasteiger partial charge in [0.05, 0.1) is 37.4 Å². The second-order valence-corrected chi connectivity index (χ2v) is 7.21. The molecule has 0 fully saturated rings. The number of ether oxygens (including phenoxy) is 2. The highest BCUT2D eigenvalue weighted by Gasteiger charge is 2.31. The van der Waals surface area contributed by atoms with Gasteiger partial charge in [-0.2, -0.15) is 13.2 Å². The number of alkyl halides is 3. The molecule has 0 aliphatic heterocycles. The summed E-state index contributed by atoms with van der Waals surface area (Å²) >= 11 is 0.951. The van der Waals surface area contributed by atoms with E-state index in [9.17, 15) is 18.0 Å². The molecule has 0 unspecified atom stereocenters. The average Bonchev–Trinajstić information content (AvgIpc) is 3.12. The number of ketones is 1. The molecule has 158 valence electrons. The van der Waals surface area contributed by atoms with E-state index in [0.29, 0.717) is 28.3 Å². The number of Topliss-reactive ketones (excluding diaryl/α,β-unsaturated/α-hetero) is 1. The summed E-state index contributed by atoms with van der Waals surface area (Å²) in [5, 5.41) is 0.118. The summed E-state index contributed by atoms with van der Waals surface area (Å²) in [4.78, 5) is 16.8. The van der Waals surface area contributed by atoms with Crippen LogP contribution in [0, 0.1) is 0 Å². The van der Waals surface area contributed by atoms with Gasteiger partial charge < -0.3 is 14.0 Å². The lowest BCUT2D eigenvalue weighted by atomic mass is 10.1. The average molecular weight is 436 g/mol. The van der Waals surface area contributed by atoms with Crippen molar-refractivity contribution in [3.63, 3.8) is 0 Å². The van der Waals surface area contributed by atoms with Crippen molar-refractivity contribution in [2.75, 3.05) is 20.0 Å². The molecule has 1 aromatic heterocycles. The van der Waals surface area contributed by atoms with Crippen LogP contribution < -0.4 is 9.47 Å². The number of thioether (sulfide) groups is 1. The van der Waals surface area contributed by atoms with Crippen molar-refractivity contribution >= 4 is 17.5 Å². The number of aromatic nitrogens is 2. The van der Waals surface area contributed by atoms with E-state index in [1.807, 2.05) is 0 Å². The zero-order valence-corrected chi connectivity index (χ0v) is 17.1. The number of carbonyl (C=O) groups excluding carboxylic acids is 1. The van der Waals surface area contributed by atoms with E-state index in [1.165, 1.54) is 20.4 Å². The summed E-state index contributed by atoms with van der Waals surface area (Å²) in [7, 11) is 2.93. The number of imidazole rings is 1. The van der Waals surface area contributed by atoms with Crippen LogP contribution in [0.25, 0.3) is 11.3 Å². The molecule has 3 rings (SSSR count). The van der Waals surface area contributed by atoms with Crippen LogP contribution in [0.15, 0.2) is 59.9 Å². The second-order valence-electron chi connectivity index (χ2n) is 6.27. The van der Waals surface area contributed by atoms with Crippen LogP contribution in [0.4, 0.5) is 13.2 Å². The number of carbonyl (C=O) groups is 1. The van der Waals surface area contributed by atoms with Gasteiger partial charge in [-0.25, -0.2) is 4.98 Å². The van der Waals surface area contributed by atoms with E-state index in [2.05, 4.69) is 4.98 Å². The Morgan fingerprint density at radius 2 is 1.83 bits per heavy atom. The number of rotatable bonds is 8. The molecule has 0 aliphatic carbocycles. The van der Waals surface area contributed by atoms with Gasteiger partial charge in [0.1, 0.15) is 18.0 Å². The standard InChI is InChI=1S/C21H19F3N2O3S/c1-28-15-8-9-16(19(10-15)29-2)18(27)12-30-20-25-11-17(14-6-4-3-5-7-14)26(20)13-21(22,23)24/h3-11H,12-13H2,1-2H3. The van der Waals surface area contributed by atoms with Gasteiger partial charge in [-0.15, -0.1) is 0 Å². The first-order valence-electron chi connectivity index (χ1n) is 8.88. The fraction of sp³-hybridized carbons (Fsp3) is 0.238. The summed E-state index contributed by atoms with van der Waals surface area (Å²) in [6.45, 7) is -1.19. The molecule has 5 nitrogen and oxygen atoms in total. The number of benzene rings is 2. The van der Waals surface area contributed by atoms with Gasteiger partial charge in [0.2, 0.25) is 0 Å². The van der Waals surface area contributed by atoms with Crippen LogP contribution in [-0.2, 0) is 6.54 Å². The van der Waals surface area contributed by atoms with Gasteiger partial charge >= 0.3 is 6.18 Å². The van der Waals surface area contributed by atoms with Crippen molar-refractivity contribution in [2.45, 2.75) is 17.9 Å². The Kier molecular flexibility index (Phi) is 6.71. The van der Waals surface area contributed by atoms with Crippen LogP contribution in [-0.4, -0.2) is 41.5 Å². The Balaban J connectivity index is 1.85. The Morgan fingerprint density at radius 1 is 1.10 bits per heavy atom. The van der Waals surface area contributed by atoms with Gasteiger partial charge in [0.25, 0.3) is 0 Å². The molecular formula is C21H19F3N2O3S. The monoisotopic (exact) mass is 436 g/mol. The summed E-state index contributed by atoms with van der Waals surface area (Å²) in [6, 6.07) is 13.5. The summed E-state index contributed by atoms with van der Waals surface area (Å²) < 4.78 is 51.0. The molecule has 9 heteroatoms. The molecule has 2 aromatic carbocycles. The van der Waals surface area contributed by atoms with Gasteiger partial charge in [-0.1, -0.05) is 42.1 Å². The number of hydrogen-bond donors (Lipinski definition) is 0. The van der Waals surface area contributed by atoms with E-state index < -0.39 is 12.7 Å². The van der Waals surface area contributed by atoms with Crippen LogP contribution in [0.3, 0.4) is 0 Å². The maximum absolute atomic E-state index is 13.2. The van der Waals surface area contributed by atoms with Crippen LogP contribution in [0.5, 0.6) is 11.5 Å². The molecule has 0 amide bonds. The maximum atomic E-state index is 13.2. The molecule has 0 spiro atoms. The van der Waals surface area contributed by atoms with Crippen molar-refractivity contribution in [3.8, 4) is 22.8 Å². The number of nitrogens with zero attached hydrogens (tertiary/aromatic N) is 2. The normalized spacial score (nSPS) is 11.4. The Morgan fingerprint density at radius 3 is 2.47 bits per heavy atom. The van der Waals surface area contributed by atoms with E-state index in [1.54, 1.807) is 48.5 Å². The molecule has 0 radical (unpaired) electrons. The van der Waals surface area contributed by atoms with E-state index >= 15 is 0 Å². The minimum Gasteiger partial charge on any atom is -0.497 e. The maximum Gasteiger partial charge on any atom is 0.406 e. The predicted molar refractivity (Wildman–Crippen MR) is 108 cm³/mol. The Hall–Kier alpha value is -2.94. The topological polar surface area (TPSA) is 53.3 Å². The van der Waals surface area contributed by atoms with Crippen molar-refractivity contribution in [2.24, 2.45) is 0 Å². The van der Waals surface area contributed by atoms with Gasteiger partial charge in [-0.3, -0.25) is 4.79 Å². The molecule has 3 aromatic rings. The molecule has 0 aliphatic rings. The minimum absolute atomic E-state index is 0.0915. The van der Waals surface area contributed by atoms with Crippen LogP contribution >= 0.6 is 11.8 Å². The summed E-state index contributed by atoms with van der Waals surface area (Å²) in [5.74, 6) is 0.487. The smallest absolute Gasteiger partial charge is 0.406 e. The predicted octanol–water partition coefficient (Wildman–Crippen LogP) is 5.10. The molecular weight excluding hydrogens is 417 g/mol. The zero-order chi connectivity index (χ0) is 21.7. The third kappa shape index (κ3) is 5.15. The highest BCUT2D eigenvalue weighted by molar-refractivity contribution is 7.99.